The molecule has 0 saturated carbocycles. The van der Waals surface area contributed by atoms with Gasteiger partial charge in [-0.2, -0.15) is 0 Å². The molecule has 2 N–H and O–H groups in total. The molecule has 0 radical (unpaired) electrons. The lowest BCUT2D eigenvalue weighted by Crippen LogP contribution is -2.20. The predicted octanol–water partition coefficient (Wildman–Crippen LogP) is 3.92. The minimum Gasteiger partial charge on any atom is -0.505 e. The van der Waals surface area contributed by atoms with Crippen molar-refractivity contribution in [3.63, 3.8) is 0 Å². The van der Waals surface area contributed by atoms with Crippen LogP contribution in [0.3, 0.4) is 0 Å². The molecule has 1 aliphatic rings. The number of allylic oxidation sites excluding steroid dienone is 1. The van der Waals surface area contributed by atoms with Gasteiger partial charge in [-0.1, -0.05) is 24.3 Å². The average molecular weight is 302 g/mol. The second kappa shape index (κ2) is 6.10. The predicted molar refractivity (Wildman–Crippen MR) is 87.9 cm³/mol. The van der Waals surface area contributed by atoms with Crippen LogP contribution in [-0.4, -0.2) is 5.60 Å². The lowest BCUT2D eigenvalue weighted by atomic mass is 9.96. The molecule has 0 aliphatic carbocycles. The minimum atomic E-state index is -0.785. The normalized spacial score (nSPS) is 18.0. The van der Waals surface area contributed by atoms with Gasteiger partial charge in [-0.15, -0.1) is 0 Å². The first-order chi connectivity index (χ1) is 10.9. The summed E-state index contributed by atoms with van der Waals surface area (Å²) in [4.78, 5) is 6.61. The highest BCUT2D eigenvalue weighted by molar-refractivity contribution is 5.62. The Morgan fingerprint density at radius 2 is 1.91 bits per heavy atom. The minimum absolute atomic E-state index is 0.0551. The molecule has 0 fully saturated rings. The number of nitrogen functional groups attached to an aromatic ring is 1. The van der Waals surface area contributed by atoms with Crippen molar-refractivity contribution in [2.75, 3.05) is 5.73 Å². The van der Waals surface area contributed by atoms with Crippen LogP contribution in [0.2, 0.25) is 0 Å². The molecule has 0 unspecified atom stereocenters. The maximum absolute atomic E-state index is 9.03. The summed E-state index contributed by atoms with van der Waals surface area (Å²) in [7, 11) is 0. The van der Waals surface area contributed by atoms with Gasteiger partial charge in [-0.3, -0.25) is 0 Å². The molecular formula is C18H14N4O. The van der Waals surface area contributed by atoms with Crippen LogP contribution in [0.4, 0.5) is 5.69 Å². The number of anilines is 1. The Labute approximate surface area is 135 Å². The molecule has 23 heavy (non-hydrogen) atoms. The molecule has 1 aliphatic heterocycles. The van der Waals surface area contributed by atoms with E-state index in [2.05, 4.69) is 9.69 Å². The highest BCUT2D eigenvalue weighted by Gasteiger charge is 2.38. The maximum Gasteiger partial charge on any atom is 0.292 e. The molecule has 5 heteroatoms. The Morgan fingerprint density at radius 1 is 1.26 bits per heavy atom. The fraction of sp³-hybridized carbons (Fsp3) is 0.167. The first kappa shape index (κ1) is 15.9. The third-order valence-electron chi connectivity index (χ3n) is 3.40. The molecular weight excluding hydrogens is 288 g/mol. The average Bonchev–Trinajstić information content (AvgIpc) is 2.78. The molecule has 0 aromatic heterocycles. The quantitative estimate of drug-likeness (QED) is 0.511. The fourth-order valence-corrected chi connectivity index (χ4v) is 2.23. The molecule has 0 spiro atoms. The van der Waals surface area contributed by atoms with Gasteiger partial charge in [0, 0.05) is 11.3 Å². The van der Waals surface area contributed by atoms with Crippen LogP contribution in [0.5, 0.6) is 0 Å². The van der Waals surface area contributed by atoms with Gasteiger partial charge in [0.1, 0.15) is 11.4 Å². The zero-order valence-electron chi connectivity index (χ0n) is 12.8. The van der Waals surface area contributed by atoms with Crippen molar-refractivity contribution in [1.82, 2.24) is 0 Å². The Kier molecular flexibility index (Phi) is 4.21. The van der Waals surface area contributed by atoms with E-state index in [9.17, 15) is 0 Å². The van der Waals surface area contributed by atoms with Gasteiger partial charge in [0.2, 0.25) is 5.70 Å². The first-order valence-electron chi connectivity index (χ1n) is 6.80. The standard InChI is InChI=1S/C18H14N4O/c1-18(2)14(10-7-12-5-8-13(20)9-6-12)16(22-4)17(23-18)15(11-19)21-3/h5-10H,20H2,1-2H3/b10-7+,17-15+. The van der Waals surface area contributed by atoms with Crippen molar-refractivity contribution >= 4 is 11.8 Å². The van der Waals surface area contributed by atoms with Gasteiger partial charge in [0.15, 0.2) is 0 Å². The number of benzene rings is 1. The van der Waals surface area contributed by atoms with Gasteiger partial charge in [0.25, 0.3) is 5.70 Å². The van der Waals surface area contributed by atoms with E-state index in [4.69, 9.17) is 28.9 Å². The van der Waals surface area contributed by atoms with Crippen LogP contribution in [0, 0.1) is 24.5 Å². The molecule has 0 bridgehead atoms. The highest BCUT2D eigenvalue weighted by Crippen LogP contribution is 2.41. The fourth-order valence-electron chi connectivity index (χ4n) is 2.23. The first-order valence-corrected chi connectivity index (χ1v) is 6.80. The van der Waals surface area contributed by atoms with Crippen LogP contribution in [-0.2, 0) is 4.74 Å². The SMILES string of the molecule is [C-]#[N+]C1=C(/C=C/c2ccc(N)cc2)C(C)(C)O/C1=C(\C#N)[N+]#[C-]. The Morgan fingerprint density at radius 3 is 2.43 bits per heavy atom. The van der Waals surface area contributed by atoms with Gasteiger partial charge >= 0.3 is 0 Å². The van der Waals surface area contributed by atoms with E-state index >= 15 is 0 Å². The molecule has 0 amide bonds. The lowest BCUT2D eigenvalue weighted by molar-refractivity contribution is 0.0952. The third-order valence-corrected chi connectivity index (χ3v) is 3.40. The molecule has 0 atom stereocenters. The largest absolute Gasteiger partial charge is 0.505 e. The summed E-state index contributed by atoms with van der Waals surface area (Å²) < 4.78 is 5.70. The Balaban J connectivity index is 2.53. The van der Waals surface area contributed by atoms with E-state index in [-0.39, 0.29) is 17.2 Å². The summed E-state index contributed by atoms with van der Waals surface area (Å²) in [6, 6.07) is 9.09. The summed E-state index contributed by atoms with van der Waals surface area (Å²) >= 11 is 0. The summed E-state index contributed by atoms with van der Waals surface area (Å²) in [5, 5.41) is 9.03. The summed E-state index contributed by atoms with van der Waals surface area (Å²) in [5.74, 6) is 0.0551. The van der Waals surface area contributed by atoms with Crippen LogP contribution in [0.15, 0.2) is 53.1 Å². The van der Waals surface area contributed by atoms with Crippen LogP contribution in [0.25, 0.3) is 15.8 Å². The van der Waals surface area contributed by atoms with Gasteiger partial charge in [-0.05, 0) is 31.5 Å². The second-order valence-electron chi connectivity index (χ2n) is 5.39. The van der Waals surface area contributed by atoms with Gasteiger partial charge in [-0.25, -0.2) is 15.0 Å². The van der Waals surface area contributed by atoms with E-state index in [1.807, 2.05) is 18.2 Å². The molecule has 2 rings (SSSR count). The van der Waals surface area contributed by atoms with E-state index in [0.29, 0.717) is 11.3 Å². The number of nitrogens with zero attached hydrogens (tertiary/aromatic N) is 3. The Hall–Kier alpha value is -3.49. The smallest absolute Gasteiger partial charge is 0.292 e. The summed E-state index contributed by atoms with van der Waals surface area (Å²) in [5.41, 5.74) is 7.10. The molecule has 1 aromatic carbocycles. The Bertz CT molecular complexity index is 834. The number of hydrogen-bond donors (Lipinski definition) is 1. The van der Waals surface area contributed by atoms with Crippen LogP contribution < -0.4 is 5.73 Å². The van der Waals surface area contributed by atoms with Crippen molar-refractivity contribution in [2.24, 2.45) is 0 Å². The molecule has 1 aromatic rings. The summed E-state index contributed by atoms with van der Waals surface area (Å²) in [6.07, 6.45) is 3.63. The topological polar surface area (TPSA) is 67.8 Å². The molecule has 1 heterocycles. The number of rotatable bonds is 2. The zero-order chi connectivity index (χ0) is 17.0. The van der Waals surface area contributed by atoms with Crippen molar-refractivity contribution in [3.8, 4) is 6.07 Å². The number of nitrogens with two attached hydrogens (primary N) is 1. The highest BCUT2D eigenvalue weighted by atomic mass is 16.5. The van der Waals surface area contributed by atoms with Crippen molar-refractivity contribution in [2.45, 2.75) is 19.4 Å². The van der Waals surface area contributed by atoms with E-state index in [1.54, 1.807) is 38.1 Å². The van der Waals surface area contributed by atoms with Crippen molar-refractivity contribution < 1.29 is 4.74 Å². The molecule has 112 valence electrons. The van der Waals surface area contributed by atoms with Crippen molar-refractivity contribution in [1.29, 1.82) is 5.26 Å². The number of ether oxygens (including phenoxy) is 1. The van der Waals surface area contributed by atoms with Crippen LogP contribution >= 0.6 is 0 Å². The number of nitriles is 1. The number of hydrogen-bond acceptors (Lipinski definition) is 3. The van der Waals surface area contributed by atoms with E-state index < -0.39 is 5.60 Å². The third kappa shape index (κ3) is 3.07. The second-order valence-corrected chi connectivity index (χ2v) is 5.39. The molecule has 5 nitrogen and oxygen atoms in total. The van der Waals surface area contributed by atoms with Gasteiger partial charge < -0.3 is 10.5 Å². The summed E-state index contributed by atoms with van der Waals surface area (Å²) in [6.45, 7) is 18.0. The zero-order valence-corrected chi connectivity index (χ0v) is 12.8. The van der Waals surface area contributed by atoms with E-state index in [1.165, 1.54) is 0 Å². The van der Waals surface area contributed by atoms with Crippen LogP contribution in [0.1, 0.15) is 19.4 Å². The maximum atomic E-state index is 9.03. The lowest BCUT2D eigenvalue weighted by Gasteiger charge is -2.22. The van der Waals surface area contributed by atoms with Crippen molar-refractivity contribution in [3.05, 3.63) is 81.5 Å². The van der Waals surface area contributed by atoms with Gasteiger partial charge in [0.05, 0.1) is 19.2 Å². The monoisotopic (exact) mass is 302 g/mol. The molecule has 0 saturated heterocycles. The van der Waals surface area contributed by atoms with E-state index in [0.717, 1.165) is 5.56 Å².